The first-order chi connectivity index (χ1) is 8.24. The molecule has 92 valence electrons. The summed E-state index contributed by atoms with van der Waals surface area (Å²) in [4.78, 5) is 4.40. The summed E-state index contributed by atoms with van der Waals surface area (Å²) < 4.78 is 0. The van der Waals surface area contributed by atoms with E-state index < -0.39 is 0 Å². The van der Waals surface area contributed by atoms with Crippen molar-refractivity contribution in [2.24, 2.45) is 0 Å². The molecule has 0 atom stereocenters. The Labute approximate surface area is 105 Å². The molecule has 2 heterocycles. The average Bonchev–Trinajstić information content (AvgIpc) is 2.34. The highest BCUT2D eigenvalue weighted by atomic mass is 15.1. The van der Waals surface area contributed by atoms with Crippen molar-refractivity contribution >= 4 is 0 Å². The highest BCUT2D eigenvalue weighted by molar-refractivity contribution is 5.24. The maximum atomic E-state index is 2.33. The zero-order valence-electron chi connectivity index (χ0n) is 10.9. The molecule has 0 aliphatic carbocycles. The fourth-order valence-corrected chi connectivity index (χ4v) is 2.09. The van der Waals surface area contributed by atoms with Crippen molar-refractivity contribution in [2.75, 3.05) is 27.2 Å². The van der Waals surface area contributed by atoms with Gasteiger partial charge in [0, 0.05) is 27.2 Å². The van der Waals surface area contributed by atoms with Gasteiger partial charge in [0.15, 0.2) is 0 Å². The van der Waals surface area contributed by atoms with Crippen molar-refractivity contribution < 1.29 is 0 Å². The van der Waals surface area contributed by atoms with Crippen LogP contribution in [0.3, 0.4) is 0 Å². The standard InChI is InChI=1S/C15H22N2/c1-16-10-6-14(7-11-16)4-3-5-15-8-12-17(2)13-9-15/h6-10,12H,3-5,11,13H2,1-2H3. The third-order valence-corrected chi connectivity index (χ3v) is 3.30. The molecule has 0 saturated heterocycles. The fourth-order valence-electron chi connectivity index (χ4n) is 2.09. The van der Waals surface area contributed by atoms with Gasteiger partial charge in [-0.1, -0.05) is 12.2 Å². The summed E-state index contributed by atoms with van der Waals surface area (Å²) in [6.07, 6.45) is 17.1. The van der Waals surface area contributed by atoms with E-state index in [1.54, 1.807) is 0 Å². The number of rotatable bonds is 4. The predicted octanol–water partition coefficient (Wildman–Crippen LogP) is 2.93. The second kappa shape index (κ2) is 5.76. The molecule has 0 aromatic rings. The van der Waals surface area contributed by atoms with Gasteiger partial charge in [0.05, 0.1) is 0 Å². The van der Waals surface area contributed by atoms with Gasteiger partial charge in [-0.15, -0.1) is 0 Å². The predicted molar refractivity (Wildman–Crippen MR) is 73.6 cm³/mol. The second-order valence-electron chi connectivity index (χ2n) is 4.92. The van der Waals surface area contributed by atoms with Gasteiger partial charge >= 0.3 is 0 Å². The van der Waals surface area contributed by atoms with Gasteiger partial charge < -0.3 is 9.80 Å². The van der Waals surface area contributed by atoms with Crippen LogP contribution in [0.5, 0.6) is 0 Å². The topological polar surface area (TPSA) is 6.48 Å². The van der Waals surface area contributed by atoms with Crippen LogP contribution in [0.25, 0.3) is 0 Å². The van der Waals surface area contributed by atoms with E-state index in [1.807, 2.05) is 0 Å². The first-order valence-electron chi connectivity index (χ1n) is 6.39. The molecule has 0 aromatic heterocycles. The molecule has 0 saturated carbocycles. The lowest BCUT2D eigenvalue weighted by atomic mass is 10.0. The van der Waals surface area contributed by atoms with Crippen molar-refractivity contribution in [1.29, 1.82) is 0 Å². The fraction of sp³-hybridized carbons (Fsp3) is 0.467. The number of allylic oxidation sites excluding steroid dienone is 4. The summed E-state index contributed by atoms with van der Waals surface area (Å²) in [6.45, 7) is 2.11. The summed E-state index contributed by atoms with van der Waals surface area (Å²) in [5.74, 6) is 0. The minimum absolute atomic E-state index is 1.05. The summed E-state index contributed by atoms with van der Waals surface area (Å²) >= 11 is 0. The number of likely N-dealkylation sites (N-methyl/N-ethyl adjacent to an activating group) is 2. The molecule has 0 bridgehead atoms. The number of hydrogen-bond donors (Lipinski definition) is 0. The molecular formula is C15H22N2. The normalized spacial score (nSPS) is 19.4. The van der Waals surface area contributed by atoms with Crippen molar-refractivity contribution in [2.45, 2.75) is 19.3 Å². The van der Waals surface area contributed by atoms with E-state index >= 15 is 0 Å². The lowest BCUT2D eigenvalue weighted by Crippen LogP contribution is -2.14. The Morgan fingerprint density at radius 2 is 1.35 bits per heavy atom. The molecule has 17 heavy (non-hydrogen) atoms. The van der Waals surface area contributed by atoms with Crippen LogP contribution < -0.4 is 0 Å². The zero-order valence-corrected chi connectivity index (χ0v) is 10.9. The summed E-state index contributed by atoms with van der Waals surface area (Å²) in [6, 6.07) is 0. The molecule has 0 amide bonds. The van der Waals surface area contributed by atoms with Crippen LogP contribution in [0.4, 0.5) is 0 Å². The highest BCUT2D eigenvalue weighted by Gasteiger charge is 2.03. The molecule has 0 N–H and O–H groups in total. The van der Waals surface area contributed by atoms with Crippen molar-refractivity contribution in [3.63, 3.8) is 0 Å². The summed E-state index contributed by atoms with van der Waals surface area (Å²) in [5.41, 5.74) is 2.97. The monoisotopic (exact) mass is 230 g/mol. The quantitative estimate of drug-likeness (QED) is 0.732. The summed E-state index contributed by atoms with van der Waals surface area (Å²) in [7, 11) is 4.22. The van der Waals surface area contributed by atoms with Crippen LogP contribution in [0.1, 0.15) is 19.3 Å². The van der Waals surface area contributed by atoms with Crippen molar-refractivity contribution in [1.82, 2.24) is 9.80 Å². The first-order valence-corrected chi connectivity index (χ1v) is 6.39. The third kappa shape index (κ3) is 3.81. The average molecular weight is 230 g/mol. The van der Waals surface area contributed by atoms with Crippen LogP contribution in [-0.2, 0) is 0 Å². The van der Waals surface area contributed by atoms with Crippen LogP contribution in [0, 0.1) is 0 Å². The largest absolute Gasteiger partial charge is 0.377 e. The number of nitrogens with zero attached hydrogens (tertiary/aromatic N) is 2. The molecule has 2 aliphatic heterocycles. The SMILES string of the molecule is CN1C=CC(CCCC2=CCN(C)C=C2)=CC1. The second-order valence-corrected chi connectivity index (χ2v) is 4.92. The molecular weight excluding hydrogens is 208 g/mol. The van der Waals surface area contributed by atoms with Gasteiger partial charge in [-0.3, -0.25) is 0 Å². The lowest BCUT2D eigenvalue weighted by molar-refractivity contribution is 0.498. The van der Waals surface area contributed by atoms with E-state index in [0.717, 1.165) is 13.1 Å². The molecule has 2 heteroatoms. The maximum Gasteiger partial charge on any atom is 0.0356 e. The third-order valence-electron chi connectivity index (χ3n) is 3.30. The van der Waals surface area contributed by atoms with Crippen molar-refractivity contribution in [3.8, 4) is 0 Å². The molecule has 0 unspecified atom stereocenters. The van der Waals surface area contributed by atoms with Crippen LogP contribution in [-0.4, -0.2) is 37.0 Å². The Morgan fingerprint density at radius 3 is 1.71 bits per heavy atom. The first kappa shape index (κ1) is 12.0. The lowest BCUT2D eigenvalue weighted by Gasteiger charge is -2.18. The van der Waals surface area contributed by atoms with Gasteiger partial charge in [-0.05, 0) is 55.0 Å². The molecule has 0 aromatic carbocycles. The Balaban J connectivity index is 1.70. The Bertz CT molecular complexity index is 338. The molecule has 0 fully saturated rings. The van der Waals surface area contributed by atoms with Crippen molar-refractivity contribution in [3.05, 3.63) is 47.9 Å². The smallest absolute Gasteiger partial charge is 0.0356 e. The number of hydrogen-bond acceptors (Lipinski definition) is 2. The molecule has 2 aliphatic rings. The van der Waals surface area contributed by atoms with Crippen LogP contribution in [0.2, 0.25) is 0 Å². The molecule has 0 spiro atoms. The van der Waals surface area contributed by atoms with Gasteiger partial charge in [-0.2, -0.15) is 0 Å². The van der Waals surface area contributed by atoms with E-state index in [1.165, 1.54) is 30.4 Å². The Morgan fingerprint density at radius 1 is 0.882 bits per heavy atom. The van der Waals surface area contributed by atoms with Gasteiger partial charge in [-0.25, -0.2) is 0 Å². The van der Waals surface area contributed by atoms with Gasteiger partial charge in [0.25, 0.3) is 0 Å². The molecule has 0 radical (unpaired) electrons. The van der Waals surface area contributed by atoms with Gasteiger partial charge in [0.2, 0.25) is 0 Å². The van der Waals surface area contributed by atoms with E-state index in [2.05, 4.69) is 60.6 Å². The Hall–Kier alpha value is -1.44. The van der Waals surface area contributed by atoms with Gasteiger partial charge in [0.1, 0.15) is 0 Å². The van der Waals surface area contributed by atoms with E-state index in [4.69, 9.17) is 0 Å². The van der Waals surface area contributed by atoms with E-state index in [-0.39, 0.29) is 0 Å². The molecule has 2 rings (SSSR count). The van der Waals surface area contributed by atoms with E-state index in [0.29, 0.717) is 0 Å². The van der Waals surface area contributed by atoms with E-state index in [9.17, 15) is 0 Å². The zero-order chi connectivity index (χ0) is 12.1. The van der Waals surface area contributed by atoms with Crippen LogP contribution in [0.15, 0.2) is 47.9 Å². The Kier molecular flexibility index (Phi) is 4.08. The summed E-state index contributed by atoms with van der Waals surface area (Å²) in [5, 5.41) is 0. The maximum absolute atomic E-state index is 2.33. The minimum atomic E-state index is 1.05. The highest BCUT2D eigenvalue weighted by Crippen LogP contribution is 2.18. The van der Waals surface area contributed by atoms with Crippen LogP contribution >= 0.6 is 0 Å². The minimum Gasteiger partial charge on any atom is -0.377 e. The molecule has 2 nitrogen and oxygen atoms in total.